The van der Waals surface area contributed by atoms with Crippen molar-refractivity contribution in [3.8, 4) is 16.8 Å². The van der Waals surface area contributed by atoms with Crippen LogP contribution in [0.15, 0.2) is 164 Å². The highest BCUT2D eigenvalue weighted by Gasteiger charge is 2.24. The molecule has 0 aliphatic rings. The van der Waals surface area contributed by atoms with Crippen molar-refractivity contribution in [3.05, 3.63) is 164 Å². The van der Waals surface area contributed by atoms with Crippen LogP contribution in [0, 0.1) is 0 Å². The number of anilines is 3. The van der Waals surface area contributed by atoms with Gasteiger partial charge in [0.1, 0.15) is 39.2 Å². The highest BCUT2D eigenvalue weighted by atomic mass is 15.1. The highest BCUT2D eigenvalue weighted by Crippen LogP contribution is 2.45. The predicted molar refractivity (Wildman–Crippen MR) is 240 cm³/mol. The second-order valence-corrected chi connectivity index (χ2v) is 14.0. The van der Waals surface area contributed by atoms with Gasteiger partial charge in [0, 0.05) is 33.2 Å². The number of aromatic nitrogens is 1. The number of fused-ring (bicyclic) bond motifs is 9. The van der Waals surface area contributed by atoms with Crippen LogP contribution in [0.1, 0.15) is 0 Å². The minimum absolute atomic E-state index is 0.169. The predicted octanol–water partition coefficient (Wildman–Crippen LogP) is 7.35. The maximum absolute atomic E-state index is 6.95. The number of hydrogen-bond donors (Lipinski definition) is 0. The maximum Gasteiger partial charge on any atom is 0.115 e. The van der Waals surface area contributed by atoms with Crippen molar-refractivity contribution in [2.75, 3.05) is 4.90 Å². The molecule has 0 unspecified atom stereocenters. The van der Waals surface area contributed by atoms with E-state index >= 15 is 0 Å². The van der Waals surface area contributed by atoms with E-state index in [2.05, 4.69) is 167 Å². The lowest BCUT2D eigenvalue weighted by atomic mass is 9.61. The molecule has 0 aliphatic carbocycles. The van der Waals surface area contributed by atoms with Gasteiger partial charge < -0.3 is 9.47 Å². The van der Waals surface area contributed by atoms with Crippen molar-refractivity contribution >= 4 is 138 Å². The van der Waals surface area contributed by atoms with Crippen molar-refractivity contribution < 1.29 is 0 Å². The number of rotatable bonds is 5. The SMILES string of the molecule is [B]c1c([B])c([B])c(N(c2ccc3c4ccccc4n(-c4ccc(-c5ccccc5)cc4)c3c2)c2cccc3c4ccccc4c4ccccc4c23)c([B])c1[B]. The van der Waals surface area contributed by atoms with Crippen molar-refractivity contribution in [3.63, 3.8) is 0 Å². The maximum atomic E-state index is 6.95. The van der Waals surface area contributed by atoms with Crippen molar-refractivity contribution in [1.82, 2.24) is 4.57 Å². The summed E-state index contributed by atoms with van der Waals surface area (Å²) in [5.41, 5.74) is 8.69. The molecular formula is C48H27B5N2. The lowest BCUT2D eigenvalue weighted by Crippen LogP contribution is -2.56. The summed E-state index contributed by atoms with van der Waals surface area (Å²) in [6, 6.07) is 57.5. The first-order valence-electron chi connectivity index (χ1n) is 18.2. The van der Waals surface area contributed by atoms with Crippen molar-refractivity contribution in [2.45, 2.75) is 0 Å². The quantitative estimate of drug-likeness (QED) is 0.136. The molecule has 0 fully saturated rings. The molecule has 55 heavy (non-hydrogen) atoms. The van der Waals surface area contributed by atoms with Crippen LogP contribution in [0.4, 0.5) is 17.1 Å². The second-order valence-electron chi connectivity index (χ2n) is 14.0. The fourth-order valence-corrected chi connectivity index (χ4v) is 8.40. The van der Waals surface area contributed by atoms with E-state index in [0.29, 0.717) is 5.69 Å². The monoisotopic (exact) mass is 686 g/mol. The van der Waals surface area contributed by atoms with Crippen LogP contribution in [0.3, 0.4) is 0 Å². The van der Waals surface area contributed by atoms with Crippen LogP contribution in [0.5, 0.6) is 0 Å². The molecular weight excluding hydrogens is 659 g/mol. The Bertz CT molecular complexity index is 3080. The smallest absolute Gasteiger partial charge is 0.115 e. The first-order valence-corrected chi connectivity index (χ1v) is 18.2. The summed E-state index contributed by atoms with van der Waals surface area (Å²) >= 11 is 0. The lowest BCUT2D eigenvalue weighted by Gasteiger charge is -2.33. The van der Waals surface area contributed by atoms with E-state index in [1.165, 1.54) is 10.9 Å². The zero-order valence-corrected chi connectivity index (χ0v) is 29.9. The van der Waals surface area contributed by atoms with Gasteiger partial charge in [0.15, 0.2) is 0 Å². The Morgan fingerprint density at radius 1 is 0.364 bits per heavy atom. The summed E-state index contributed by atoms with van der Waals surface area (Å²) < 4.78 is 2.31. The summed E-state index contributed by atoms with van der Waals surface area (Å²) in [7, 11) is 33.5. The van der Waals surface area contributed by atoms with Crippen molar-refractivity contribution in [1.29, 1.82) is 0 Å². The molecule has 0 spiro atoms. The Labute approximate surface area is 326 Å². The van der Waals surface area contributed by atoms with E-state index in [0.717, 1.165) is 71.4 Å². The van der Waals surface area contributed by atoms with E-state index in [-0.39, 0.29) is 27.3 Å². The Kier molecular flexibility index (Phi) is 7.82. The summed E-state index contributed by atoms with van der Waals surface area (Å²) in [6.45, 7) is 0. The molecule has 0 atom stereocenters. The molecule has 0 bridgehead atoms. The molecule has 0 amide bonds. The summed E-state index contributed by atoms with van der Waals surface area (Å²) in [4.78, 5) is 2.10. The van der Waals surface area contributed by atoms with Gasteiger partial charge in [-0.15, -0.1) is 16.4 Å². The summed E-state index contributed by atoms with van der Waals surface area (Å²) in [5, 5.41) is 8.95. The normalized spacial score (nSPS) is 11.6. The highest BCUT2D eigenvalue weighted by molar-refractivity contribution is 6.69. The third-order valence-electron chi connectivity index (χ3n) is 11.0. The topological polar surface area (TPSA) is 8.17 Å². The molecule has 10 aromatic rings. The van der Waals surface area contributed by atoms with Crippen LogP contribution in [-0.2, 0) is 0 Å². The van der Waals surface area contributed by atoms with E-state index in [1.54, 1.807) is 0 Å². The van der Waals surface area contributed by atoms with Crippen LogP contribution < -0.4 is 32.2 Å². The van der Waals surface area contributed by atoms with Gasteiger partial charge in [-0.3, -0.25) is 0 Å². The average Bonchev–Trinajstić information content (AvgIpc) is 3.57. The summed E-state index contributed by atoms with van der Waals surface area (Å²) in [5.74, 6) is 0. The molecule has 10 rings (SSSR count). The molecule has 1 aromatic heterocycles. The minimum Gasteiger partial charge on any atom is -0.311 e. The Morgan fingerprint density at radius 3 is 1.51 bits per heavy atom. The largest absolute Gasteiger partial charge is 0.311 e. The third-order valence-corrected chi connectivity index (χ3v) is 11.0. The van der Waals surface area contributed by atoms with Gasteiger partial charge in [0.05, 0.1) is 16.7 Å². The van der Waals surface area contributed by atoms with E-state index in [4.69, 9.17) is 39.2 Å². The van der Waals surface area contributed by atoms with Gasteiger partial charge in [0.25, 0.3) is 0 Å². The van der Waals surface area contributed by atoms with Crippen LogP contribution in [-0.4, -0.2) is 43.8 Å². The molecule has 7 heteroatoms. The van der Waals surface area contributed by atoms with Gasteiger partial charge in [0.2, 0.25) is 0 Å². The zero-order chi connectivity index (χ0) is 37.4. The zero-order valence-electron chi connectivity index (χ0n) is 29.9. The Hall–Kier alpha value is -6.32. The van der Waals surface area contributed by atoms with E-state index in [9.17, 15) is 0 Å². The van der Waals surface area contributed by atoms with Gasteiger partial charge in [-0.05, 0) is 74.5 Å². The molecule has 9 aromatic carbocycles. The molecule has 0 N–H and O–H groups in total. The van der Waals surface area contributed by atoms with Crippen LogP contribution in [0.25, 0.3) is 70.9 Å². The second kappa shape index (κ2) is 12.9. The standard InChI is InChI=1S/C48H27B5N2/c49-43-44(50)46(52)48(47(53)45(43)51)55(40-20-10-18-38-34-14-5-4-13-32(34)33-15-6-7-17-37(33)42(38)40)31-25-26-36-35-16-8-9-19-39(35)54(41(36)27-31)30-23-21-29(22-24-30)28-11-2-1-3-12-28/h1-27H. The molecule has 0 aliphatic heterocycles. The molecule has 0 saturated carbocycles. The van der Waals surface area contributed by atoms with Gasteiger partial charge in [-0.25, -0.2) is 0 Å². The van der Waals surface area contributed by atoms with Gasteiger partial charge in [-0.1, -0.05) is 138 Å². The molecule has 0 saturated heterocycles. The van der Waals surface area contributed by atoms with Crippen LogP contribution in [0.2, 0.25) is 0 Å². The Balaban J connectivity index is 1.30. The van der Waals surface area contributed by atoms with Crippen LogP contribution >= 0.6 is 0 Å². The van der Waals surface area contributed by atoms with E-state index < -0.39 is 0 Å². The fraction of sp³-hybridized carbons (Fsp3) is 0. The first-order chi connectivity index (χ1) is 26.9. The number of para-hydroxylation sites is 1. The molecule has 244 valence electrons. The fourth-order valence-electron chi connectivity index (χ4n) is 8.40. The molecule has 2 nitrogen and oxygen atoms in total. The van der Waals surface area contributed by atoms with Gasteiger partial charge in [-0.2, -0.15) is 0 Å². The number of benzene rings is 9. The Morgan fingerprint density at radius 2 is 0.855 bits per heavy atom. The number of nitrogens with zero attached hydrogens (tertiary/aromatic N) is 2. The average molecular weight is 686 g/mol. The number of hydrogen-bond acceptors (Lipinski definition) is 1. The lowest BCUT2D eigenvalue weighted by molar-refractivity contribution is 1.18. The molecule has 10 radical (unpaired) electrons. The van der Waals surface area contributed by atoms with Gasteiger partial charge >= 0.3 is 0 Å². The van der Waals surface area contributed by atoms with E-state index in [1.807, 2.05) is 6.07 Å². The van der Waals surface area contributed by atoms with Crippen molar-refractivity contribution in [2.24, 2.45) is 0 Å². The molecule has 1 heterocycles. The minimum atomic E-state index is 0.169. The summed E-state index contributed by atoms with van der Waals surface area (Å²) in [6.07, 6.45) is 0. The third kappa shape index (κ3) is 5.10. The first kappa shape index (κ1) is 33.3.